The molecule has 0 aromatic carbocycles. The first kappa shape index (κ1) is 13.1. The number of carbonyl (C=O) groups excluding carboxylic acids is 1. The van der Waals surface area contributed by atoms with Crippen molar-refractivity contribution in [3.8, 4) is 0 Å². The van der Waals surface area contributed by atoms with Crippen LogP contribution < -0.4 is 5.01 Å². The maximum Gasteiger partial charge on any atom is 0.417 e. The molecule has 0 saturated heterocycles. The van der Waals surface area contributed by atoms with Gasteiger partial charge in [0.2, 0.25) is 0 Å². The van der Waals surface area contributed by atoms with Gasteiger partial charge in [0.25, 0.3) is 5.91 Å². The van der Waals surface area contributed by atoms with Crippen LogP contribution in [0.15, 0.2) is 23.4 Å². The number of rotatable bonds is 1. The smallest absolute Gasteiger partial charge is 0.272 e. The summed E-state index contributed by atoms with van der Waals surface area (Å²) in [7, 11) is 0. The predicted molar refractivity (Wildman–Crippen MR) is 66.1 cm³/mol. The Labute approximate surface area is 113 Å². The molecular formula is C13H12F3N3O. The summed E-state index contributed by atoms with van der Waals surface area (Å²) >= 11 is 0. The third-order valence-electron chi connectivity index (χ3n) is 3.61. The minimum absolute atomic E-state index is 0.143. The zero-order chi connectivity index (χ0) is 14.3. The first-order valence-electron chi connectivity index (χ1n) is 6.41. The molecule has 2 aliphatic rings. The molecule has 0 spiro atoms. The van der Waals surface area contributed by atoms with Crippen molar-refractivity contribution < 1.29 is 18.0 Å². The second-order valence-corrected chi connectivity index (χ2v) is 4.94. The van der Waals surface area contributed by atoms with Gasteiger partial charge in [0, 0.05) is 6.20 Å². The van der Waals surface area contributed by atoms with Gasteiger partial charge in [0.1, 0.15) is 0 Å². The Morgan fingerprint density at radius 2 is 2.05 bits per heavy atom. The summed E-state index contributed by atoms with van der Waals surface area (Å²) in [4.78, 5) is 15.9. The Kier molecular flexibility index (Phi) is 2.99. The van der Waals surface area contributed by atoms with Crippen LogP contribution in [-0.2, 0) is 11.0 Å². The van der Waals surface area contributed by atoms with Crippen LogP contribution in [0.4, 0.5) is 19.0 Å². The quantitative estimate of drug-likeness (QED) is 0.795. The van der Waals surface area contributed by atoms with E-state index in [1.54, 1.807) is 0 Å². The fourth-order valence-corrected chi connectivity index (χ4v) is 2.55. The molecule has 4 nitrogen and oxygen atoms in total. The van der Waals surface area contributed by atoms with Crippen molar-refractivity contribution in [2.24, 2.45) is 11.0 Å². The summed E-state index contributed by atoms with van der Waals surface area (Å²) in [6, 6.07) is 2.10. The van der Waals surface area contributed by atoms with Crippen LogP contribution in [0.1, 0.15) is 31.2 Å². The molecule has 20 heavy (non-hydrogen) atoms. The van der Waals surface area contributed by atoms with E-state index >= 15 is 0 Å². The van der Waals surface area contributed by atoms with E-state index in [9.17, 15) is 18.0 Å². The zero-order valence-corrected chi connectivity index (χ0v) is 10.5. The summed E-state index contributed by atoms with van der Waals surface area (Å²) in [5.74, 6) is -0.260. The SMILES string of the molecule is O=C1C2CCCCC2=NN1c1ccc(C(F)(F)F)cn1. The van der Waals surface area contributed by atoms with Crippen molar-refractivity contribution in [3.63, 3.8) is 0 Å². The number of amides is 1. The van der Waals surface area contributed by atoms with Gasteiger partial charge in [-0.05, 0) is 31.4 Å². The number of aromatic nitrogens is 1. The molecule has 0 bridgehead atoms. The van der Waals surface area contributed by atoms with Crippen molar-refractivity contribution in [1.82, 2.24) is 4.98 Å². The first-order valence-corrected chi connectivity index (χ1v) is 6.41. The molecule has 1 saturated carbocycles. The van der Waals surface area contributed by atoms with E-state index < -0.39 is 11.7 Å². The van der Waals surface area contributed by atoms with Crippen LogP contribution in [0.25, 0.3) is 0 Å². The van der Waals surface area contributed by atoms with Crippen LogP contribution in [0.5, 0.6) is 0 Å². The van der Waals surface area contributed by atoms with Gasteiger partial charge in [0.05, 0.1) is 17.2 Å². The average Bonchev–Trinajstić information content (AvgIpc) is 2.76. The van der Waals surface area contributed by atoms with E-state index in [0.717, 1.165) is 48.7 Å². The van der Waals surface area contributed by atoms with Crippen LogP contribution in [-0.4, -0.2) is 16.6 Å². The number of alkyl halides is 3. The lowest BCUT2D eigenvalue weighted by atomic mass is 9.87. The van der Waals surface area contributed by atoms with Crippen molar-refractivity contribution in [3.05, 3.63) is 23.9 Å². The molecule has 1 aromatic heterocycles. The summed E-state index contributed by atoms with van der Waals surface area (Å²) < 4.78 is 37.4. The topological polar surface area (TPSA) is 45.6 Å². The van der Waals surface area contributed by atoms with Crippen LogP contribution in [0.2, 0.25) is 0 Å². The monoisotopic (exact) mass is 283 g/mol. The van der Waals surface area contributed by atoms with Gasteiger partial charge in [-0.3, -0.25) is 4.79 Å². The molecule has 1 aromatic rings. The molecule has 7 heteroatoms. The number of hydrogen-bond donors (Lipinski definition) is 0. The van der Waals surface area contributed by atoms with Gasteiger partial charge in [0.15, 0.2) is 5.82 Å². The average molecular weight is 283 g/mol. The Morgan fingerprint density at radius 3 is 2.65 bits per heavy atom. The second kappa shape index (κ2) is 4.57. The molecule has 2 heterocycles. The largest absolute Gasteiger partial charge is 0.417 e. The van der Waals surface area contributed by atoms with E-state index in [4.69, 9.17) is 0 Å². The lowest BCUT2D eigenvalue weighted by Crippen LogP contribution is -2.29. The highest BCUT2D eigenvalue weighted by Crippen LogP contribution is 2.33. The number of anilines is 1. The maximum absolute atomic E-state index is 12.5. The first-order chi connectivity index (χ1) is 9.47. The van der Waals surface area contributed by atoms with Crippen molar-refractivity contribution in [2.45, 2.75) is 31.9 Å². The molecule has 0 N–H and O–H groups in total. The summed E-state index contributed by atoms with van der Waals surface area (Å²) in [6.07, 6.45) is -0.200. The van der Waals surface area contributed by atoms with Gasteiger partial charge < -0.3 is 0 Å². The Morgan fingerprint density at radius 1 is 1.25 bits per heavy atom. The maximum atomic E-state index is 12.5. The van der Waals surface area contributed by atoms with Gasteiger partial charge in [-0.15, -0.1) is 0 Å². The van der Waals surface area contributed by atoms with Gasteiger partial charge >= 0.3 is 6.18 Å². The van der Waals surface area contributed by atoms with E-state index in [1.807, 2.05) is 0 Å². The highest BCUT2D eigenvalue weighted by Gasteiger charge is 2.38. The summed E-state index contributed by atoms with van der Waals surface area (Å²) in [5.41, 5.74) is -0.0130. The Balaban J connectivity index is 1.87. The van der Waals surface area contributed by atoms with Crippen molar-refractivity contribution >= 4 is 17.4 Å². The molecule has 1 aliphatic carbocycles. The molecule has 106 valence electrons. The van der Waals surface area contributed by atoms with Gasteiger partial charge in [-0.25, -0.2) is 4.98 Å². The number of carbonyl (C=O) groups is 1. The molecule has 1 amide bonds. The molecule has 0 radical (unpaired) electrons. The lowest BCUT2D eigenvalue weighted by molar-refractivity contribution is -0.137. The fraction of sp³-hybridized carbons (Fsp3) is 0.462. The zero-order valence-electron chi connectivity index (χ0n) is 10.5. The van der Waals surface area contributed by atoms with Crippen molar-refractivity contribution in [2.75, 3.05) is 5.01 Å². The standard InChI is InChI=1S/C13H12F3N3O/c14-13(15,16)8-5-6-11(17-7-8)19-12(20)9-3-1-2-4-10(9)18-19/h5-7,9H,1-4H2. The molecule has 1 aliphatic heterocycles. The van der Waals surface area contributed by atoms with Gasteiger partial charge in [-0.1, -0.05) is 6.42 Å². The molecule has 3 rings (SSSR count). The summed E-state index contributed by atoms with van der Waals surface area (Å²) in [5, 5.41) is 5.34. The number of hydrogen-bond acceptors (Lipinski definition) is 3. The number of hydrazone groups is 1. The lowest BCUT2D eigenvalue weighted by Gasteiger charge is -2.16. The van der Waals surface area contributed by atoms with E-state index in [-0.39, 0.29) is 17.6 Å². The predicted octanol–water partition coefficient (Wildman–Crippen LogP) is 2.99. The summed E-state index contributed by atoms with van der Waals surface area (Å²) in [6.45, 7) is 0. The third kappa shape index (κ3) is 2.17. The van der Waals surface area contributed by atoms with Crippen LogP contribution >= 0.6 is 0 Å². The number of nitrogens with zero attached hydrogens (tertiary/aromatic N) is 3. The second-order valence-electron chi connectivity index (χ2n) is 4.94. The van der Waals surface area contributed by atoms with Crippen LogP contribution in [0.3, 0.4) is 0 Å². The Hall–Kier alpha value is -1.92. The molecular weight excluding hydrogens is 271 g/mol. The van der Waals surface area contributed by atoms with E-state index in [2.05, 4.69) is 10.1 Å². The highest BCUT2D eigenvalue weighted by atomic mass is 19.4. The molecule has 1 atom stereocenters. The normalized spacial score (nSPS) is 22.8. The molecule has 1 unspecified atom stereocenters. The van der Waals surface area contributed by atoms with Crippen molar-refractivity contribution in [1.29, 1.82) is 0 Å². The Bertz CT molecular complexity index is 565. The third-order valence-corrected chi connectivity index (χ3v) is 3.61. The minimum atomic E-state index is -4.43. The number of fused-ring (bicyclic) bond motifs is 1. The highest BCUT2D eigenvalue weighted by molar-refractivity contribution is 6.15. The number of halogens is 3. The van der Waals surface area contributed by atoms with Gasteiger partial charge in [-0.2, -0.15) is 23.3 Å². The molecule has 1 fully saturated rings. The minimum Gasteiger partial charge on any atom is -0.272 e. The van der Waals surface area contributed by atoms with E-state index in [0.29, 0.717) is 0 Å². The fourth-order valence-electron chi connectivity index (χ4n) is 2.55. The van der Waals surface area contributed by atoms with E-state index in [1.165, 1.54) is 6.07 Å². The van der Waals surface area contributed by atoms with Crippen LogP contribution in [0, 0.1) is 5.92 Å². The number of pyridine rings is 1.